The molecule has 1 aromatic carbocycles. The number of hydrogen-bond donors (Lipinski definition) is 2. The van der Waals surface area contributed by atoms with Crippen LogP contribution in [-0.4, -0.2) is 40.3 Å². The van der Waals surface area contributed by atoms with Crippen molar-refractivity contribution in [1.82, 2.24) is 5.32 Å². The Bertz CT molecular complexity index is 744. The summed E-state index contributed by atoms with van der Waals surface area (Å²) in [7, 11) is 0. The average molecular weight is 401 g/mol. The maximum absolute atomic E-state index is 11.9. The third-order valence-corrected chi connectivity index (χ3v) is 3.46. The zero-order valence-corrected chi connectivity index (χ0v) is 15.9. The standard InChI is InChI=1S/C17H21ClN2O7/c1-5-6-11(19-16(23)27-17(2,3)4)9-26-13-8-10(15(21)22)7-12(14(13)18)20(24)25/h5,7-8,11H,1,6,9H2,2-4H3,(H,19,23)(H,21,22). The first-order chi connectivity index (χ1) is 12.4. The van der Waals surface area contributed by atoms with Gasteiger partial charge in [-0.05, 0) is 33.3 Å². The summed E-state index contributed by atoms with van der Waals surface area (Å²) < 4.78 is 10.6. The molecule has 0 aliphatic rings. The zero-order chi connectivity index (χ0) is 20.8. The molecular formula is C17H21ClN2O7. The maximum atomic E-state index is 11.9. The summed E-state index contributed by atoms with van der Waals surface area (Å²) >= 11 is 5.94. The molecule has 10 heteroatoms. The minimum Gasteiger partial charge on any atom is -0.490 e. The lowest BCUT2D eigenvalue weighted by molar-refractivity contribution is -0.384. The lowest BCUT2D eigenvalue weighted by atomic mass is 10.2. The second kappa shape index (κ2) is 9.22. The molecule has 0 radical (unpaired) electrons. The minimum absolute atomic E-state index is 0.134. The van der Waals surface area contributed by atoms with Gasteiger partial charge in [0.05, 0.1) is 16.5 Å². The summed E-state index contributed by atoms with van der Waals surface area (Å²) in [6.07, 6.45) is 1.19. The summed E-state index contributed by atoms with van der Waals surface area (Å²) in [5, 5.41) is 22.4. The van der Waals surface area contributed by atoms with E-state index in [2.05, 4.69) is 11.9 Å². The topological polar surface area (TPSA) is 128 Å². The van der Waals surface area contributed by atoms with Gasteiger partial charge in [-0.15, -0.1) is 6.58 Å². The lowest BCUT2D eigenvalue weighted by Crippen LogP contribution is -2.41. The third-order valence-electron chi connectivity index (χ3n) is 3.08. The molecule has 0 aliphatic heterocycles. The van der Waals surface area contributed by atoms with Crippen LogP contribution in [0.15, 0.2) is 24.8 Å². The largest absolute Gasteiger partial charge is 0.490 e. The van der Waals surface area contributed by atoms with Crippen LogP contribution in [0.2, 0.25) is 5.02 Å². The fraction of sp³-hybridized carbons (Fsp3) is 0.412. The van der Waals surface area contributed by atoms with Crippen molar-refractivity contribution in [3.63, 3.8) is 0 Å². The summed E-state index contributed by atoms with van der Waals surface area (Å²) in [5.41, 5.74) is -1.63. The van der Waals surface area contributed by atoms with Crippen LogP contribution < -0.4 is 10.1 Å². The van der Waals surface area contributed by atoms with Crippen LogP contribution in [-0.2, 0) is 4.74 Å². The number of halogens is 1. The SMILES string of the molecule is C=CCC(COc1cc(C(=O)O)cc([N+](=O)[O-])c1Cl)NC(=O)OC(C)(C)C. The molecule has 0 aliphatic carbocycles. The molecule has 0 fully saturated rings. The highest BCUT2D eigenvalue weighted by molar-refractivity contribution is 6.34. The van der Waals surface area contributed by atoms with Crippen LogP contribution in [0.3, 0.4) is 0 Å². The number of carbonyl (C=O) groups is 2. The minimum atomic E-state index is -1.37. The van der Waals surface area contributed by atoms with Gasteiger partial charge in [-0.25, -0.2) is 9.59 Å². The molecule has 1 unspecified atom stereocenters. The summed E-state index contributed by atoms with van der Waals surface area (Å²) in [4.78, 5) is 33.3. The highest BCUT2D eigenvalue weighted by atomic mass is 35.5. The number of carboxylic acid groups (broad SMARTS) is 1. The van der Waals surface area contributed by atoms with Crippen molar-refractivity contribution < 1.29 is 29.1 Å². The smallest absolute Gasteiger partial charge is 0.408 e. The van der Waals surface area contributed by atoms with Gasteiger partial charge >= 0.3 is 12.1 Å². The number of nitrogens with one attached hydrogen (secondary N) is 1. The first kappa shape index (κ1) is 22.2. The molecular weight excluding hydrogens is 380 g/mol. The summed E-state index contributed by atoms with van der Waals surface area (Å²) in [5.74, 6) is -1.54. The number of nitro groups is 1. The lowest BCUT2D eigenvalue weighted by Gasteiger charge is -2.23. The van der Waals surface area contributed by atoms with E-state index in [1.165, 1.54) is 0 Å². The van der Waals surface area contributed by atoms with E-state index in [0.29, 0.717) is 6.42 Å². The van der Waals surface area contributed by atoms with E-state index in [1.807, 2.05) is 0 Å². The highest BCUT2D eigenvalue weighted by Crippen LogP contribution is 2.35. The van der Waals surface area contributed by atoms with E-state index in [0.717, 1.165) is 12.1 Å². The number of nitrogens with zero attached hydrogens (tertiary/aromatic N) is 1. The molecule has 0 spiro atoms. The van der Waals surface area contributed by atoms with Gasteiger partial charge in [-0.1, -0.05) is 17.7 Å². The van der Waals surface area contributed by atoms with Gasteiger partial charge in [0.25, 0.3) is 5.69 Å². The Balaban J connectivity index is 2.97. The van der Waals surface area contributed by atoms with E-state index >= 15 is 0 Å². The van der Waals surface area contributed by atoms with E-state index in [9.17, 15) is 19.7 Å². The predicted octanol–water partition coefficient (Wildman–Crippen LogP) is 3.79. The monoisotopic (exact) mass is 400 g/mol. The molecule has 1 atom stereocenters. The zero-order valence-electron chi connectivity index (χ0n) is 15.2. The summed E-state index contributed by atoms with van der Waals surface area (Å²) in [6.45, 7) is 8.59. The molecule has 0 saturated heterocycles. The van der Waals surface area contributed by atoms with Crippen LogP contribution in [0.1, 0.15) is 37.6 Å². The van der Waals surface area contributed by atoms with Gasteiger partial charge in [-0.2, -0.15) is 0 Å². The molecule has 1 aromatic rings. The molecule has 1 rings (SSSR count). The number of ether oxygens (including phenoxy) is 2. The van der Waals surface area contributed by atoms with Gasteiger partial charge in [0.15, 0.2) is 5.02 Å². The molecule has 148 valence electrons. The van der Waals surface area contributed by atoms with Crippen molar-refractivity contribution in [3.8, 4) is 5.75 Å². The number of alkyl carbamates (subject to hydrolysis) is 1. The molecule has 9 nitrogen and oxygen atoms in total. The molecule has 1 amide bonds. The Morgan fingerprint density at radius 1 is 1.44 bits per heavy atom. The Kier molecular flexibility index (Phi) is 7.59. The second-order valence-corrected chi connectivity index (χ2v) is 6.93. The third kappa shape index (κ3) is 7.14. The van der Waals surface area contributed by atoms with Crippen molar-refractivity contribution in [1.29, 1.82) is 0 Å². The van der Waals surface area contributed by atoms with Crippen molar-refractivity contribution in [2.24, 2.45) is 0 Å². The molecule has 27 heavy (non-hydrogen) atoms. The van der Waals surface area contributed by atoms with Crippen molar-refractivity contribution >= 4 is 29.4 Å². The number of aromatic carboxylic acids is 1. The van der Waals surface area contributed by atoms with E-state index in [-0.39, 0.29) is 22.9 Å². The average Bonchev–Trinajstić information content (AvgIpc) is 2.51. The van der Waals surface area contributed by atoms with Crippen molar-refractivity contribution in [2.75, 3.05) is 6.61 Å². The molecule has 0 heterocycles. The molecule has 2 N–H and O–H groups in total. The maximum Gasteiger partial charge on any atom is 0.408 e. The van der Waals surface area contributed by atoms with Gasteiger partial charge in [-0.3, -0.25) is 10.1 Å². The van der Waals surface area contributed by atoms with Crippen molar-refractivity contribution in [3.05, 3.63) is 45.5 Å². The van der Waals surface area contributed by atoms with Gasteiger partial charge < -0.3 is 19.9 Å². The van der Waals surface area contributed by atoms with E-state index in [4.69, 9.17) is 26.2 Å². The van der Waals surface area contributed by atoms with Gasteiger partial charge in [0.1, 0.15) is 18.0 Å². The number of amides is 1. The van der Waals surface area contributed by atoms with Gasteiger partial charge in [0, 0.05) is 6.07 Å². The van der Waals surface area contributed by atoms with Gasteiger partial charge in [0.2, 0.25) is 0 Å². The van der Waals surface area contributed by atoms with Crippen LogP contribution in [0.5, 0.6) is 5.75 Å². The predicted molar refractivity (Wildman–Crippen MR) is 98.5 cm³/mol. The first-order valence-electron chi connectivity index (χ1n) is 7.89. The number of rotatable bonds is 8. The second-order valence-electron chi connectivity index (χ2n) is 6.55. The number of carboxylic acids is 1. The van der Waals surface area contributed by atoms with E-state index in [1.54, 1.807) is 26.8 Å². The van der Waals surface area contributed by atoms with Crippen LogP contribution >= 0.6 is 11.6 Å². The Morgan fingerprint density at radius 3 is 2.56 bits per heavy atom. The number of carbonyl (C=O) groups excluding carboxylic acids is 1. The number of hydrogen-bond acceptors (Lipinski definition) is 6. The Hall–Kier alpha value is -2.81. The first-order valence-corrected chi connectivity index (χ1v) is 8.26. The highest BCUT2D eigenvalue weighted by Gasteiger charge is 2.23. The normalized spacial score (nSPS) is 12.0. The fourth-order valence-corrected chi connectivity index (χ4v) is 2.21. The van der Waals surface area contributed by atoms with Crippen molar-refractivity contribution in [2.45, 2.75) is 38.8 Å². The summed E-state index contributed by atoms with van der Waals surface area (Å²) in [6, 6.07) is 1.36. The molecule has 0 aromatic heterocycles. The Labute approximate surface area is 161 Å². The molecule has 0 saturated carbocycles. The van der Waals surface area contributed by atoms with Crippen LogP contribution in [0.4, 0.5) is 10.5 Å². The van der Waals surface area contributed by atoms with E-state index < -0.39 is 34.3 Å². The Morgan fingerprint density at radius 2 is 2.07 bits per heavy atom. The number of benzene rings is 1. The fourth-order valence-electron chi connectivity index (χ4n) is 1.98. The molecule has 0 bridgehead atoms. The number of nitro benzene ring substituents is 1. The van der Waals surface area contributed by atoms with Crippen LogP contribution in [0, 0.1) is 10.1 Å². The van der Waals surface area contributed by atoms with Crippen LogP contribution in [0.25, 0.3) is 0 Å². The quantitative estimate of drug-likeness (QED) is 0.385.